The highest BCUT2D eigenvalue weighted by Crippen LogP contribution is 2.27. The number of carbonyl (C=O) groups excluding carboxylic acids is 1. The topological polar surface area (TPSA) is 56.7 Å². The van der Waals surface area contributed by atoms with Crippen LogP contribution in [0, 0.1) is 12.3 Å². The number of terminal acetylenes is 1. The van der Waals surface area contributed by atoms with Gasteiger partial charge < -0.3 is 15.5 Å². The number of hydrogen-bond acceptors (Lipinski definition) is 2. The molecule has 1 aromatic carbocycles. The Hall–Kier alpha value is -1.75. The normalized spacial score (nSPS) is 12.9. The molecule has 1 amide bonds. The molecule has 22 heavy (non-hydrogen) atoms. The van der Waals surface area contributed by atoms with Gasteiger partial charge in [-0.15, -0.1) is 30.4 Å². The summed E-state index contributed by atoms with van der Waals surface area (Å²) in [7, 11) is 0. The number of hydrogen-bond donors (Lipinski definition) is 2. The van der Waals surface area contributed by atoms with Gasteiger partial charge in [0.1, 0.15) is 6.54 Å². The minimum absolute atomic E-state index is 0. The molecule has 0 aromatic heterocycles. The fourth-order valence-electron chi connectivity index (χ4n) is 2.31. The standard InChI is InChI=1S/C16H20N4O.HI/c1-3-10-18-16(17-4-2)19-12-15(21)20-11-9-13-7-5-6-8-14(13)20;/h1,5-8H,4,9-12H2,2H3,(H2,17,18,19);1H. The number of aliphatic imine (C=N–C) groups is 1. The summed E-state index contributed by atoms with van der Waals surface area (Å²) in [5.74, 6) is 3.05. The highest BCUT2D eigenvalue weighted by molar-refractivity contribution is 14.0. The molecule has 1 heterocycles. The van der Waals surface area contributed by atoms with Gasteiger partial charge in [0.05, 0.1) is 6.54 Å². The second kappa shape index (κ2) is 9.30. The molecule has 2 rings (SSSR count). The van der Waals surface area contributed by atoms with Gasteiger partial charge in [0.2, 0.25) is 5.91 Å². The number of para-hydroxylation sites is 1. The molecule has 0 radical (unpaired) electrons. The van der Waals surface area contributed by atoms with Crippen LogP contribution >= 0.6 is 24.0 Å². The van der Waals surface area contributed by atoms with Crippen molar-refractivity contribution in [2.24, 2.45) is 4.99 Å². The van der Waals surface area contributed by atoms with E-state index in [1.165, 1.54) is 5.56 Å². The predicted molar refractivity (Wildman–Crippen MR) is 101 cm³/mol. The molecule has 1 aliphatic heterocycles. The largest absolute Gasteiger partial charge is 0.357 e. The van der Waals surface area contributed by atoms with E-state index in [4.69, 9.17) is 6.42 Å². The Kier molecular flexibility index (Phi) is 7.74. The number of amides is 1. The maximum absolute atomic E-state index is 12.3. The highest BCUT2D eigenvalue weighted by Gasteiger charge is 2.23. The number of anilines is 1. The molecule has 0 fully saturated rings. The lowest BCUT2D eigenvalue weighted by Crippen LogP contribution is -2.39. The van der Waals surface area contributed by atoms with Crippen molar-refractivity contribution >= 4 is 41.5 Å². The molecule has 0 spiro atoms. The zero-order chi connectivity index (χ0) is 15.1. The van der Waals surface area contributed by atoms with Crippen LogP contribution in [0.4, 0.5) is 5.69 Å². The number of fused-ring (bicyclic) bond motifs is 1. The Morgan fingerprint density at radius 1 is 1.41 bits per heavy atom. The Morgan fingerprint density at radius 3 is 2.91 bits per heavy atom. The molecule has 5 nitrogen and oxygen atoms in total. The smallest absolute Gasteiger partial charge is 0.248 e. The molecule has 0 atom stereocenters. The highest BCUT2D eigenvalue weighted by atomic mass is 127. The maximum Gasteiger partial charge on any atom is 0.248 e. The van der Waals surface area contributed by atoms with E-state index in [1.54, 1.807) is 4.90 Å². The van der Waals surface area contributed by atoms with E-state index in [2.05, 4.69) is 27.6 Å². The maximum atomic E-state index is 12.3. The predicted octanol–water partition coefficient (Wildman–Crippen LogP) is 1.38. The van der Waals surface area contributed by atoms with Crippen LogP contribution in [0.15, 0.2) is 29.3 Å². The lowest BCUT2D eigenvalue weighted by Gasteiger charge is -2.16. The summed E-state index contributed by atoms with van der Waals surface area (Å²) < 4.78 is 0. The molecule has 0 saturated heterocycles. The van der Waals surface area contributed by atoms with Crippen LogP contribution in [0.2, 0.25) is 0 Å². The van der Waals surface area contributed by atoms with E-state index in [1.807, 2.05) is 25.1 Å². The molecule has 118 valence electrons. The van der Waals surface area contributed by atoms with Crippen LogP contribution in [-0.2, 0) is 11.2 Å². The van der Waals surface area contributed by atoms with E-state index >= 15 is 0 Å². The molecular weight excluding hydrogens is 391 g/mol. The molecule has 0 bridgehead atoms. The van der Waals surface area contributed by atoms with Crippen molar-refractivity contribution in [3.05, 3.63) is 29.8 Å². The first-order chi connectivity index (χ1) is 10.3. The van der Waals surface area contributed by atoms with Crippen molar-refractivity contribution in [1.82, 2.24) is 10.6 Å². The van der Waals surface area contributed by atoms with Crippen molar-refractivity contribution in [3.8, 4) is 12.3 Å². The lowest BCUT2D eigenvalue weighted by molar-refractivity contribution is -0.117. The first kappa shape index (κ1) is 18.3. The first-order valence-electron chi connectivity index (χ1n) is 7.10. The molecule has 1 aliphatic rings. The monoisotopic (exact) mass is 412 g/mol. The fourth-order valence-corrected chi connectivity index (χ4v) is 2.31. The van der Waals surface area contributed by atoms with Crippen molar-refractivity contribution in [2.75, 3.05) is 31.1 Å². The Balaban J connectivity index is 0.00000242. The molecule has 0 saturated carbocycles. The molecule has 0 unspecified atom stereocenters. The summed E-state index contributed by atoms with van der Waals surface area (Å²) in [6, 6.07) is 7.99. The van der Waals surface area contributed by atoms with Gasteiger partial charge in [-0.3, -0.25) is 4.79 Å². The van der Waals surface area contributed by atoms with Crippen molar-refractivity contribution in [3.63, 3.8) is 0 Å². The number of carbonyl (C=O) groups is 1. The van der Waals surface area contributed by atoms with Gasteiger partial charge in [-0.2, -0.15) is 0 Å². The van der Waals surface area contributed by atoms with E-state index in [0.29, 0.717) is 12.5 Å². The van der Waals surface area contributed by atoms with Gasteiger partial charge in [-0.25, -0.2) is 4.99 Å². The average molecular weight is 412 g/mol. The quantitative estimate of drug-likeness (QED) is 0.340. The van der Waals surface area contributed by atoms with Crippen LogP contribution in [-0.4, -0.2) is 38.0 Å². The molecule has 6 heteroatoms. The average Bonchev–Trinajstić information content (AvgIpc) is 2.94. The van der Waals surface area contributed by atoms with Crippen LogP contribution < -0.4 is 15.5 Å². The number of benzene rings is 1. The molecular formula is C16H21IN4O. The third-order valence-corrected chi connectivity index (χ3v) is 3.26. The third-order valence-electron chi connectivity index (χ3n) is 3.26. The summed E-state index contributed by atoms with van der Waals surface area (Å²) >= 11 is 0. The second-order valence-corrected chi connectivity index (χ2v) is 4.68. The van der Waals surface area contributed by atoms with Gasteiger partial charge >= 0.3 is 0 Å². The Labute approximate surface area is 148 Å². The van der Waals surface area contributed by atoms with Crippen molar-refractivity contribution < 1.29 is 4.79 Å². The van der Waals surface area contributed by atoms with E-state index in [9.17, 15) is 4.79 Å². The van der Waals surface area contributed by atoms with Crippen LogP contribution in [0.1, 0.15) is 12.5 Å². The Morgan fingerprint density at radius 2 is 2.18 bits per heavy atom. The lowest BCUT2D eigenvalue weighted by atomic mass is 10.2. The van der Waals surface area contributed by atoms with E-state index in [-0.39, 0.29) is 36.4 Å². The number of rotatable bonds is 4. The van der Waals surface area contributed by atoms with Gasteiger partial charge in [-0.05, 0) is 25.0 Å². The zero-order valence-electron chi connectivity index (χ0n) is 12.6. The van der Waals surface area contributed by atoms with Gasteiger partial charge in [0.25, 0.3) is 0 Å². The van der Waals surface area contributed by atoms with Crippen LogP contribution in [0.25, 0.3) is 0 Å². The minimum Gasteiger partial charge on any atom is -0.357 e. The summed E-state index contributed by atoms with van der Waals surface area (Å²) in [6.45, 7) is 3.89. The number of nitrogens with one attached hydrogen (secondary N) is 2. The van der Waals surface area contributed by atoms with Crippen molar-refractivity contribution in [2.45, 2.75) is 13.3 Å². The molecule has 1 aromatic rings. The van der Waals surface area contributed by atoms with Crippen molar-refractivity contribution in [1.29, 1.82) is 0 Å². The Bertz CT molecular complexity index is 580. The minimum atomic E-state index is -0.00198. The summed E-state index contributed by atoms with van der Waals surface area (Å²) in [4.78, 5) is 18.4. The molecule has 0 aliphatic carbocycles. The van der Waals surface area contributed by atoms with Gasteiger partial charge in [-0.1, -0.05) is 24.1 Å². The number of guanidine groups is 1. The van der Waals surface area contributed by atoms with E-state index < -0.39 is 0 Å². The van der Waals surface area contributed by atoms with Crippen LogP contribution in [0.3, 0.4) is 0 Å². The SMILES string of the molecule is C#CCNC(=NCC(=O)N1CCc2ccccc21)NCC.I. The number of halogens is 1. The first-order valence-corrected chi connectivity index (χ1v) is 7.10. The summed E-state index contributed by atoms with van der Waals surface area (Å²) in [5.41, 5.74) is 2.21. The summed E-state index contributed by atoms with van der Waals surface area (Å²) in [6.07, 6.45) is 6.11. The number of nitrogens with zero attached hydrogens (tertiary/aromatic N) is 2. The zero-order valence-corrected chi connectivity index (χ0v) is 15.0. The van der Waals surface area contributed by atoms with Crippen LogP contribution in [0.5, 0.6) is 0 Å². The van der Waals surface area contributed by atoms with Gasteiger partial charge in [0, 0.05) is 18.8 Å². The van der Waals surface area contributed by atoms with Gasteiger partial charge in [0.15, 0.2) is 5.96 Å². The third kappa shape index (κ3) is 4.63. The van der Waals surface area contributed by atoms with E-state index in [0.717, 1.165) is 25.2 Å². The second-order valence-electron chi connectivity index (χ2n) is 4.68. The fraction of sp³-hybridized carbons (Fsp3) is 0.375. The molecule has 2 N–H and O–H groups in total. The summed E-state index contributed by atoms with van der Waals surface area (Å²) in [5, 5.41) is 6.02.